The van der Waals surface area contributed by atoms with Crippen molar-refractivity contribution in [2.24, 2.45) is 0 Å². The van der Waals surface area contributed by atoms with Crippen LogP contribution in [0.15, 0.2) is 24.3 Å². The van der Waals surface area contributed by atoms with E-state index in [-0.39, 0.29) is 0 Å². The highest BCUT2D eigenvalue weighted by Gasteiger charge is 2.12. The van der Waals surface area contributed by atoms with Crippen molar-refractivity contribution in [3.8, 4) is 11.5 Å². The Morgan fingerprint density at radius 2 is 1.93 bits per heavy atom. The van der Waals surface area contributed by atoms with Crippen LogP contribution in [0.3, 0.4) is 0 Å². The molecule has 0 aliphatic carbocycles. The number of methoxy groups -OCH3 is 1. The second-order valence-electron chi connectivity index (χ2n) is 7.77. The molecular weight excluding hydrogens is 352 g/mol. The molecule has 1 aromatic carbocycles. The third-order valence-corrected chi connectivity index (χ3v) is 5.30. The van der Waals surface area contributed by atoms with Crippen molar-refractivity contribution in [1.82, 2.24) is 20.0 Å². The largest absolute Gasteiger partial charge is 0.493 e. The van der Waals surface area contributed by atoms with Crippen molar-refractivity contribution < 1.29 is 9.47 Å². The molecule has 1 saturated heterocycles. The van der Waals surface area contributed by atoms with E-state index in [1.54, 1.807) is 7.11 Å². The Kier molecular flexibility index (Phi) is 7.34. The molecule has 1 N–H and O–H groups in total. The molecule has 2 aromatic rings. The maximum absolute atomic E-state index is 5.97. The van der Waals surface area contributed by atoms with E-state index in [2.05, 4.69) is 52.0 Å². The van der Waals surface area contributed by atoms with Gasteiger partial charge in [-0.15, -0.1) is 0 Å². The monoisotopic (exact) mass is 386 g/mol. The maximum atomic E-state index is 5.97. The molecule has 1 aromatic heterocycles. The number of rotatable bonds is 10. The fourth-order valence-electron chi connectivity index (χ4n) is 3.71. The van der Waals surface area contributed by atoms with Crippen LogP contribution in [-0.2, 0) is 13.1 Å². The Bertz CT molecular complexity index is 753. The highest BCUT2D eigenvalue weighted by Crippen LogP contribution is 2.28. The van der Waals surface area contributed by atoms with Crippen LogP contribution in [0.4, 0.5) is 0 Å². The van der Waals surface area contributed by atoms with Crippen LogP contribution in [-0.4, -0.2) is 54.1 Å². The number of ether oxygens (including phenoxy) is 2. The summed E-state index contributed by atoms with van der Waals surface area (Å²) < 4.78 is 13.6. The maximum Gasteiger partial charge on any atom is 0.161 e. The summed E-state index contributed by atoms with van der Waals surface area (Å²) in [5, 5.41) is 8.11. The Labute approximate surface area is 168 Å². The predicted octanol–water partition coefficient (Wildman–Crippen LogP) is 3.16. The standard InChI is InChI=1S/C22H34N4O2/c1-17-13-19(3)26(24-17)16-18(2)23-15-20-7-8-21(22(14-20)27-4)28-12-11-25-9-5-6-10-25/h7-8,13-14,18,23H,5-6,9-12,15-16H2,1-4H3. The zero-order valence-corrected chi connectivity index (χ0v) is 17.7. The Morgan fingerprint density at radius 1 is 1.14 bits per heavy atom. The first-order valence-corrected chi connectivity index (χ1v) is 10.3. The number of hydrogen-bond donors (Lipinski definition) is 1. The summed E-state index contributed by atoms with van der Waals surface area (Å²) in [6, 6.07) is 8.62. The highest BCUT2D eigenvalue weighted by molar-refractivity contribution is 5.43. The van der Waals surface area contributed by atoms with Gasteiger partial charge in [0.05, 0.1) is 19.3 Å². The second kappa shape index (κ2) is 9.94. The lowest BCUT2D eigenvalue weighted by atomic mass is 10.2. The van der Waals surface area contributed by atoms with Crippen molar-refractivity contribution in [3.63, 3.8) is 0 Å². The molecule has 3 rings (SSSR count). The summed E-state index contributed by atoms with van der Waals surface area (Å²) in [4.78, 5) is 2.45. The molecule has 6 heteroatoms. The van der Waals surface area contributed by atoms with Crippen molar-refractivity contribution in [2.75, 3.05) is 33.4 Å². The lowest BCUT2D eigenvalue weighted by molar-refractivity contribution is 0.230. The van der Waals surface area contributed by atoms with Crippen LogP contribution >= 0.6 is 0 Å². The zero-order valence-electron chi connectivity index (χ0n) is 17.7. The lowest BCUT2D eigenvalue weighted by Crippen LogP contribution is -2.30. The van der Waals surface area contributed by atoms with E-state index in [9.17, 15) is 0 Å². The number of aromatic nitrogens is 2. The Hall–Kier alpha value is -2.05. The van der Waals surface area contributed by atoms with Crippen molar-refractivity contribution >= 4 is 0 Å². The predicted molar refractivity (Wildman–Crippen MR) is 112 cm³/mol. The van der Waals surface area contributed by atoms with E-state index in [0.29, 0.717) is 12.6 Å². The van der Waals surface area contributed by atoms with Crippen LogP contribution in [0, 0.1) is 13.8 Å². The molecule has 1 aliphatic rings. The van der Waals surface area contributed by atoms with Gasteiger partial charge in [0.15, 0.2) is 11.5 Å². The number of nitrogens with one attached hydrogen (secondary N) is 1. The van der Waals surface area contributed by atoms with Crippen molar-refractivity contribution in [2.45, 2.75) is 52.7 Å². The number of likely N-dealkylation sites (tertiary alicyclic amines) is 1. The summed E-state index contributed by atoms with van der Waals surface area (Å²) in [5.41, 5.74) is 3.45. The fourth-order valence-corrected chi connectivity index (χ4v) is 3.71. The van der Waals surface area contributed by atoms with Gasteiger partial charge >= 0.3 is 0 Å². The summed E-state index contributed by atoms with van der Waals surface area (Å²) >= 11 is 0. The second-order valence-corrected chi connectivity index (χ2v) is 7.77. The number of benzene rings is 1. The molecule has 0 saturated carbocycles. The molecule has 154 valence electrons. The molecule has 0 radical (unpaired) electrons. The van der Waals surface area contributed by atoms with Crippen molar-refractivity contribution in [1.29, 1.82) is 0 Å². The quantitative estimate of drug-likeness (QED) is 0.680. The minimum atomic E-state index is 0.320. The van der Waals surface area contributed by atoms with E-state index < -0.39 is 0 Å². The minimum absolute atomic E-state index is 0.320. The molecular formula is C22H34N4O2. The van der Waals surface area contributed by atoms with Gasteiger partial charge in [-0.05, 0) is 70.5 Å². The van der Waals surface area contributed by atoms with Crippen LogP contribution in [0.1, 0.15) is 36.7 Å². The van der Waals surface area contributed by atoms with Gasteiger partial charge < -0.3 is 14.8 Å². The van der Waals surface area contributed by atoms with E-state index in [1.807, 2.05) is 13.0 Å². The summed E-state index contributed by atoms with van der Waals surface area (Å²) in [6.07, 6.45) is 2.62. The van der Waals surface area contributed by atoms with Crippen LogP contribution in [0.5, 0.6) is 11.5 Å². The normalized spacial score (nSPS) is 15.7. The molecule has 1 aliphatic heterocycles. The van der Waals surface area contributed by atoms with Gasteiger partial charge in [-0.25, -0.2) is 0 Å². The molecule has 1 atom stereocenters. The zero-order chi connectivity index (χ0) is 19.9. The van der Waals surface area contributed by atoms with Gasteiger partial charge in [0.1, 0.15) is 6.61 Å². The molecule has 28 heavy (non-hydrogen) atoms. The molecule has 0 amide bonds. The molecule has 6 nitrogen and oxygen atoms in total. The van der Waals surface area contributed by atoms with Gasteiger partial charge in [-0.1, -0.05) is 6.07 Å². The first-order valence-electron chi connectivity index (χ1n) is 10.3. The fraction of sp³-hybridized carbons (Fsp3) is 0.591. The van der Waals surface area contributed by atoms with Crippen molar-refractivity contribution in [3.05, 3.63) is 41.2 Å². The average Bonchev–Trinajstić information content (AvgIpc) is 3.30. The van der Waals surface area contributed by atoms with Crippen LogP contribution in [0.25, 0.3) is 0 Å². The lowest BCUT2D eigenvalue weighted by Gasteiger charge is -2.18. The molecule has 0 bridgehead atoms. The Morgan fingerprint density at radius 3 is 2.61 bits per heavy atom. The average molecular weight is 387 g/mol. The van der Waals surface area contributed by atoms with Gasteiger partial charge in [-0.3, -0.25) is 9.58 Å². The van der Waals surface area contributed by atoms with Gasteiger partial charge in [-0.2, -0.15) is 5.10 Å². The van der Waals surface area contributed by atoms with E-state index in [1.165, 1.54) is 37.2 Å². The first-order chi connectivity index (χ1) is 13.5. The highest BCUT2D eigenvalue weighted by atomic mass is 16.5. The number of aryl methyl sites for hydroxylation is 2. The topological polar surface area (TPSA) is 51.6 Å². The third-order valence-electron chi connectivity index (χ3n) is 5.30. The first kappa shape index (κ1) is 20.7. The van der Waals surface area contributed by atoms with E-state index in [4.69, 9.17) is 9.47 Å². The molecule has 0 spiro atoms. The Balaban J connectivity index is 1.49. The summed E-state index contributed by atoms with van der Waals surface area (Å²) in [5.74, 6) is 1.62. The molecule has 2 heterocycles. The molecule has 1 fully saturated rings. The van der Waals surface area contributed by atoms with E-state index >= 15 is 0 Å². The van der Waals surface area contributed by atoms with E-state index in [0.717, 1.165) is 36.8 Å². The van der Waals surface area contributed by atoms with Crippen LogP contribution in [0.2, 0.25) is 0 Å². The number of hydrogen-bond acceptors (Lipinski definition) is 5. The van der Waals surface area contributed by atoms with Gasteiger partial charge in [0.25, 0.3) is 0 Å². The SMILES string of the molecule is COc1cc(CNC(C)Cn2nc(C)cc2C)ccc1OCCN1CCCC1. The van der Waals surface area contributed by atoms with Gasteiger partial charge in [0.2, 0.25) is 0 Å². The third kappa shape index (κ3) is 5.72. The summed E-state index contributed by atoms with van der Waals surface area (Å²) in [7, 11) is 1.70. The summed E-state index contributed by atoms with van der Waals surface area (Å²) in [6.45, 7) is 12.0. The van der Waals surface area contributed by atoms with Gasteiger partial charge in [0, 0.05) is 24.8 Å². The minimum Gasteiger partial charge on any atom is -0.493 e. The molecule has 1 unspecified atom stereocenters. The smallest absolute Gasteiger partial charge is 0.161 e. The number of nitrogens with zero attached hydrogens (tertiary/aromatic N) is 3. The van der Waals surface area contributed by atoms with Crippen LogP contribution < -0.4 is 14.8 Å².